The fraction of sp³-hybridized carbons (Fsp3) is 0.533. The van der Waals surface area contributed by atoms with Gasteiger partial charge in [0.05, 0.1) is 18.6 Å². The third-order valence-electron chi connectivity index (χ3n) is 3.52. The van der Waals surface area contributed by atoms with Crippen LogP contribution in [0.4, 0.5) is 0 Å². The van der Waals surface area contributed by atoms with E-state index < -0.39 is 0 Å². The Hall–Kier alpha value is -1.35. The van der Waals surface area contributed by atoms with Gasteiger partial charge in [-0.05, 0) is 37.8 Å². The van der Waals surface area contributed by atoms with E-state index in [1.54, 1.807) is 0 Å². The average Bonchev–Trinajstić information content (AvgIpc) is 2.85. The van der Waals surface area contributed by atoms with Crippen LogP contribution in [-0.4, -0.2) is 24.7 Å². The van der Waals surface area contributed by atoms with Crippen molar-refractivity contribution in [1.82, 2.24) is 5.32 Å². The third-order valence-corrected chi connectivity index (χ3v) is 3.52. The van der Waals surface area contributed by atoms with Gasteiger partial charge in [0.25, 0.3) is 0 Å². The quantitative estimate of drug-likeness (QED) is 0.886. The first-order valence-corrected chi connectivity index (χ1v) is 6.62. The van der Waals surface area contributed by atoms with Crippen LogP contribution in [0.15, 0.2) is 24.3 Å². The van der Waals surface area contributed by atoms with E-state index >= 15 is 0 Å². The Kier molecular flexibility index (Phi) is 4.37. The highest BCUT2D eigenvalue weighted by Crippen LogP contribution is 2.15. The Morgan fingerprint density at radius 3 is 2.94 bits per heavy atom. The summed E-state index contributed by atoms with van der Waals surface area (Å²) in [5.74, 6) is 0.0762. The van der Waals surface area contributed by atoms with Crippen LogP contribution in [-0.2, 0) is 16.0 Å². The molecular formula is C15H21NO2. The van der Waals surface area contributed by atoms with Crippen LogP contribution < -0.4 is 5.32 Å². The summed E-state index contributed by atoms with van der Waals surface area (Å²) in [5, 5.41) is 3.03. The number of benzene rings is 1. The lowest BCUT2D eigenvalue weighted by Gasteiger charge is -2.20. The average molecular weight is 247 g/mol. The predicted molar refractivity (Wildman–Crippen MR) is 71.5 cm³/mol. The Bertz CT molecular complexity index is 411. The summed E-state index contributed by atoms with van der Waals surface area (Å²) >= 11 is 0. The molecule has 1 aliphatic rings. The van der Waals surface area contributed by atoms with E-state index in [1.165, 1.54) is 0 Å². The molecule has 1 aromatic carbocycles. The monoisotopic (exact) mass is 247 g/mol. The number of hydrogen-bond acceptors (Lipinski definition) is 2. The number of ether oxygens (including phenoxy) is 1. The first kappa shape index (κ1) is 13.1. The van der Waals surface area contributed by atoms with Crippen molar-refractivity contribution in [3.8, 4) is 0 Å². The number of carbonyl (C=O) groups is 1. The lowest BCUT2D eigenvalue weighted by atomic mass is 10.0. The second kappa shape index (κ2) is 6.01. The molecule has 1 aromatic rings. The number of nitrogens with one attached hydrogen (secondary N) is 1. The molecule has 1 heterocycles. The van der Waals surface area contributed by atoms with E-state index in [0.717, 1.165) is 30.6 Å². The van der Waals surface area contributed by atoms with Gasteiger partial charge in [-0.1, -0.05) is 24.3 Å². The predicted octanol–water partition coefficient (Wildman–Crippen LogP) is 2.22. The standard InChI is InChI=1S/C15H21NO2/c1-11-6-3-4-7-13(11)10-15(17)16-12(2)14-8-5-9-18-14/h3-4,6-7,12,14H,5,8-10H2,1-2H3,(H,16,17)/t12-,14-/m1/s1. The molecule has 1 amide bonds. The largest absolute Gasteiger partial charge is 0.376 e. The fourth-order valence-corrected chi connectivity index (χ4v) is 2.38. The van der Waals surface area contributed by atoms with Gasteiger partial charge < -0.3 is 10.1 Å². The maximum absolute atomic E-state index is 12.0. The van der Waals surface area contributed by atoms with E-state index in [4.69, 9.17) is 4.74 Å². The van der Waals surface area contributed by atoms with Crippen molar-refractivity contribution >= 4 is 5.91 Å². The first-order valence-electron chi connectivity index (χ1n) is 6.62. The van der Waals surface area contributed by atoms with E-state index in [0.29, 0.717) is 6.42 Å². The molecule has 2 rings (SSSR count). The fourth-order valence-electron chi connectivity index (χ4n) is 2.38. The van der Waals surface area contributed by atoms with Crippen molar-refractivity contribution in [1.29, 1.82) is 0 Å². The Balaban J connectivity index is 1.86. The summed E-state index contributed by atoms with van der Waals surface area (Å²) in [6, 6.07) is 8.10. The van der Waals surface area contributed by atoms with Crippen molar-refractivity contribution < 1.29 is 9.53 Å². The number of aryl methyl sites for hydroxylation is 1. The first-order chi connectivity index (χ1) is 8.66. The van der Waals surface area contributed by atoms with Gasteiger partial charge in [-0.3, -0.25) is 4.79 Å². The minimum Gasteiger partial charge on any atom is -0.376 e. The van der Waals surface area contributed by atoms with E-state index in [1.807, 2.05) is 38.1 Å². The van der Waals surface area contributed by atoms with E-state index in [-0.39, 0.29) is 18.1 Å². The highest BCUT2D eigenvalue weighted by atomic mass is 16.5. The van der Waals surface area contributed by atoms with E-state index in [9.17, 15) is 4.79 Å². The maximum atomic E-state index is 12.0. The third kappa shape index (κ3) is 3.33. The highest BCUT2D eigenvalue weighted by Gasteiger charge is 2.23. The van der Waals surface area contributed by atoms with Crippen molar-refractivity contribution in [2.45, 2.75) is 45.3 Å². The zero-order valence-corrected chi connectivity index (χ0v) is 11.1. The minimum absolute atomic E-state index is 0.0762. The molecule has 3 heteroatoms. The van der Waals surface area contributed by atoms with E-state index in [2.05, 4.69) is 5.32 Å². The topological polar surface area (TPSA) is 38.3 Å². The molecule has 1 saturated heterocycles. The Morgan fingerprint density at radius 1 is 1.50 bits per heavy atom. The second-order valence-electron chi connectivity index (χ2n) is 5.01. The minimum atomic E-state index is 0.0762. The molecule has 0 aromatic heterocycles. The van der Waals surface area contributed by atoms with Gasteiger partial charge in [-0.25, -0.2) is 0 Å². The van der Waals surface area contributed by atoms with Crippen molar-refractivity contribution in [2.75, 3.05) is 6.61 Å². The maximum Gasteiger partial charge on any atom is 0.224 e. The SMILES string of the molecule is Cc1ccccc1CC(=O)N[C@H](C)[C@H]1CCCO1. The van der Waals surface area contributed by atoms with Gasteiger partial charge in [0.1, 0.15) is 0 Å². The molecule has 1 fully saturated rings. The van der Waals surface area contributed by atoms with Crippen LogP contribution >= 0.6 is 0 Å². The lowest BCUT2D eigenvalue weighted by molar-refractivity contribution is -0.121. The number of amides is 1. The lowest BCUT2D eigenvalue weighted by Crippen LogP contribution is -2.41. The van der Waals surface area contributed by atoms with Crippen LogP contribution in [0.2, 0.25) is 0 Å². The van der Waals surface area contributed by atoms with Gasteiger partial charge in [0.15, 0.2) is 0 Å². The molecule has 1 aliphatic heterocycles. The molecule has 98 valence electrons. The van der Waals surface area contributed by atoms with Gasteiger partial charge in [0, 0.05) is 6.61 Å². The van der Waals surface area contributed by atoms with Crippen LogP contribution in [0.1, 0.15) is 30.9 Å². The zero-order chi connectivity index (χ0) is 13.0. The van der Waals surface area contributed by atoms with Crippen molar-refractivity contribution in [3.63, 3.8) is 0 Å². The summed E-state index contributed by atoms with van der Waals surface area (Å²) in [5.41, 5.74) is 2.26. The number of carbonyl (C=O) groups excluding carboxylic acids is 1. The van der Waals surface area contributed by atoms with Gasteiger partial charge >= 0.3 is 0 Å². The molecule has 0 saturated carbocycles. The highest BCUT2D eigenvalue weighted by molar-refractivity contribution is 5.79. The van der Waals surface area contributed by atoms with Gasteiger partial charge in [-0.2, -0.15) is 0 Å². The number of hydrogen-bond donors (Lipinski definition) is 1. The summed E-state index contributed by atoms with van der Waals surface area (Å²) in [4.78, 5) is 12.0. The van der Waals surface area contributed by atoms with Crippen molar-refractivity contribution in [3.05, 3.63) is 35.4 Å². The van der Waals surface area contributed by atoms with Crippen LogP contribution in [0.3, 0.4) is 0 Å². The van der Waals surface area contributed by atoms with Crippen LogP contribution in [0.25, 0.3) is 0 Å². The molecule has 0 unspecified atom stereocenters. The van der Waals surface area contributed by atoms with Gasteiger partial charge in [0.2, 0.25) is 5.91 Å². The molecule has 0 bridgehead atoms. The molecule has 0 spiro atoms. The van der Waals surface area contributed by atoms with Crippen LogP contribution in [0.5, 0.6) is 0 Å². The molecular weight excluding hydrogens is 226 g/mol. The smallest absolute Gasteiger partial charge is 0.224 e. The Labute approximate surface area is 109 Å². The second-order valence-corrected chi connectivity index (χ2v) is 5.01. The summed E-state index contributed by atoms with van der Waals surface area (Å²) < 4.78 is 5.57. The zero-order valence-electron chi connectivity index (χ0n) is 11.1. The summed E-state index contributed by atoms with van der Waals surface area (Å²) in [6.07, 6.45) is 2.78. The molecule has 0 aliphatic carbocycles. The molecule has 18 heavy (non-hydrogen) atoms. The molecule has 1 N–H and O–H groups in total. The summed E-state index contributed by atoms with van der Waals surface area (Å²) in [7, 11) is 0. The summed E-state index contributed by atoms with van der Waals surface area (Å²) in [6.45, 7) is 4.88. The molecule has 3 nitrogen and oxygen atoms in total. The Morgan fingerprint density at radius 2 is 2.28 bits per heavy atom. The number of rotatable bonds is 4. The molecule has 2 atom stereocenters. The van der Waals surface area contributed by atoms with Crippen LogP contribution in [0, 0.1) is 6.92 Å². The van der Waals surface area contributed by atoms with Gasteiger partial charge in [-0.15, -0.1) is 0 Å². The normalized spacial score (nSPS) is 20.7. The van der Waals surface area contributed by atoms with Crippen molar-refractivity contribution in [2.24, 2.45) is 0 Å². The molecule has 0 radical (unpaired) electrons.